The first-order valence-corrected chi connectivity index (χ1v) is 7.39. The van der Waals surface area contributed by atoms with E-state index in [9.17, 15) is 9.59 Å². The molecule has 2 N–H and O–H groups in total. The lowest BCUT2D eigenvalue weighted by Gasteiger charge is -2.11. The van der Waals surface area contributed by atoms with Gasteiger partial charge in [0.05, 0.1) is 14.2 Å². The van der Waals surface area contributed by atoms with Crippen molar-refractivity contribution < 1.29 is 19.1 Å². The van der Waals surface area contributed by atoms with Crippen LogP contribution in [-0.4, -0.2) is 58.1 Å². The number of amides is 2. The normalized spacial score (nSPS) is 10.3. The maximum atomic E-state index is 11.7. The number of hydrogen-bond donors (Lipinski definition) is 2. The summed E-state index contributed by atoms with van der Waals surface area (Å²) in [5.74, 6) is -0.0810. The van der Waals surface area contributed by atoms with E-state index in [1.165, 1.54) is 0 Å². The monoisotopic (exact) mass is 323 g/mol. The van der Waals surface area contributed by atoms with E-state index in [4.69, 9.17) is 9.47 Å². The summed E-state index contributed by atoms with van der Waals surface area (Å²) in [5.41, 5.74) is 0.816. The van der Waals surface area contributed by atoms with Crippen molar-refractivity contribution in [3.8, 4) is 11.5 Å². The highest BCUT2D eigenvalue weighted by Crippen LogP contribution is 2.27. The number of carbonyl (C=O) groups excluding carboxylic acids is 2. The van der Waals surface area contributed by atoms with Crippen LogP contribution in [0.5, 0.6) is 11.5 Å². The van der Waals surface area contributed by atoms with E-state index in [1.807, 2.05) is 19.0 Å². The molecule has 0 saturated carbocycles. The second-order valence-electron chi connectivity index (χ2n) is 5.28. The molecule has 1 aromatic carbocycles. The molecule has 0 spiro atoms. The largest absolute Gasteiger partial charge is 0.493 e. The highest BCUT2D eigenvalue weighted by molar-refractivity contribution is 6.35. The molecule has 0 radical (unpaired) electrons. The van der Waals surface area contributed by atoms with Gasteiger partial charge in [0.1, 0.15) is 0 Å². The lowest BCUT2D eigenvalue weighted by Crippen LogP contribution is -2.40. The van der Waals surface area contributed by atoms with Gasteiger partial charge in [-0.05, 0) is 44.8 Å². The molecule has 0 aliphatic heterocycles. The summed E-state index contributed by atoms with van der Waals surface area (Å²) >= 11 is 0. The molecule has 0 aliphatic carbocycles. The summed E-state index contributed by atoms with van der Waals surface area (Å²) in [6.45, 7) is 1.57. The lowest BCUT2D eigenvalue weighted by atomic mass is 10.2. The van der Waals surface area contributed by atoms with Gasteiger partial charge < -0.3 is 25.0 Å². The molecule has 0 bridgehead atoms. The molecule has 0 saturated heterocycles. The Morgan fingerprint density at radius 3 is 2.30 bits per heavy atom. The minimum Gasteiger partial charge on any atom is -0.493 e. The smallest absolute Gasteiger partial charge is 0.309 e. The Labute approximate surface area is 136 Å². The minimum absolute atomic E-state index is 0.240. The maximum Gasteiger partial charge on any atom is 0.309 e. The zero-order valence-electron chi connectivity index (χ0n) is 14.1. The highest BCUT2D eigenvalue weighted by atomic mass is 16.5. The minimum atomic E-state index is -0.648. The van der Waals surface area contributed by atoms with Gasteiger partial charge in [-0.25, -0.2) is 0 Å². The van der Waals surface area contributed by atoms with Crippen LogP contribution in [0, 0.1) is 0 Å². The van der Waals surface area contributed by atoms with Crippen molar-refractivity contribution in [2.45, 2.75) is 13.0 Å². The van der Waals surface area contributed by atoms with E-state index in [1.54, 1.807) is 32.4 Å². The van der Waals surface area contributed by atoms with E-state index in [2.05, 4.69) is 10.6 Å². The quantitative estimate of drug-likeness (QED) is 0.534. The number of carbonyl (C=O) groups is 2. The fourth-order valence-corrected chi connectivity index (χ4v) is 1.93. The number of rotatable bonds is 8. The van der Waals surface area contributed by atoms with Crippen molar-refractivity contribution >= 4 is 11.8 Å². The van der Waals surface area contributed by atoms with Gasteiger partial charge in [-0.15, -0.1) is 0 Å². The maximum absolute atomic E-state index is 11.7. The molecule has 0 aliphatic rings. The topological polar surface area (TPSA) is 79.9 Å². The molecule has 0 fully saturated rings. The Morgan fingerprint density at radius 1 is 1.04 bits per heavy atom. The van der Waals surface area contributed by atoms with Crippen LogP contribution in [0.4, 0.5) is 0 Å². The van der Waals surface area contributed by atoms with Crippen molar-refractivity contribution in [3.05, 3.63) is 23.8 Å². The van der Waals surface area contributed by atoms with E-state index in [-0.39, 0.29) is 6.54 Å². The molecule has 0 aromatic heterocycles. The number of nitrogens with one attached hydrogen (secondary N) is 2. The summed E-state index contributed by atoms with van der Waals surface area (Å²) in [6, 6.07) is 5.31. The Kier molecular flexibility index (Phi) is 7.90. The first-order valence-electron chi connectivity index (χ1n) is 7.39. The average Bonchev–Trinajstić information content (AvgIpc) is 2.55. The zero-order valence-corrected chi connectivity index (χ0v) is 14.1. The molecular weight excluding hydrogens is 298 g/mol. The Morgan fingerprint density at radius 2 is 1.70 bits per heavy atom. The Hall–Kier alpha value is -2.28. The number of ether oxygens (including phenoxy) is 2. The van der Waals surface area contributed by atoms with Gasteiger partial charge >= 0.3 is 11.8 Å². The third kappa shape index (κ3) is 6.56. The molecule has 0 heterocycles. The van der Waals surface area contributed by atoms with Crippen LogP contribution in [0.1, 0.15) is 12.0 Å². The molecule has 1 aromatic rings. The number of benzene rings is 1. The molecule has 23 heavy (non-hydrogen) atoms. The Bertz CT molecular complexity index is 532. The van der Waals surface area contributed by atoms with Crippen LogP contribution in [0.15, 0.2) is 18.2 Å². The molecule has 0 unspecified atom stereocenters. The third-order valence-electron chi connectivity index (χ3n) is 3.17. The van der Waals surface area contributed by atoms with Gasteiger partial charge in [0.15, 0.2) is 11.5 Å². The second-order valence-corrected chi connectivity index (χ2v) is 5.28. The van der Waals surface area contributed by atoms with E-state index in [0.717, 1.165) is 18.5 Å². The molecule has 2 amide bonds. The molecular formula is C16H25N3O4. The molecule has 7 nitrogen and oxygen atoms in total. The standard InChI is InChI=1S/C16H25N3O4/c1-19(2)9-5-8-17-15(20)16(21)18-11-12-6-7-13(22-3)14(10-12)23-4/h6-7,10H,5,8-9,11H2,1-4H3,(H,17,20)(H,18,21). The predicted molar refractivity (Wildman–Crippen MR) is 87.6 cm³/mol. The van der Waals surface area contributed by atoms with Crippen LogP contribution >= 0.6 is 0 Å². The van der Waals surface area contributed by atoms with Gasteiger partial charge in [-0.1, -0.05) is 6.07 Å². The molecule has 0 atom stereocenters. The van der Waals surface area contributed by atoms with Crippen LogP contribution in [0.3, 0.4) is 0 Å². The fourth-order valence-electron chi connectivity index (χ4n) is 1.93. The van der Waals surface area contributed by atoms with E-state index in [0.29, 0.717) is 18.0 Å². The summed E-state index contributed by atoms with van der Waals surface area (Å²) in [4.78, 5) is 25.4. The second kappa shape index (κ2) is 9.68. The molecule has 1 rings (SSSR count). The van der Waals surface area contributed by atoms with Gasteiger partial charge in [-0.3, -0.25) is 9.59 Å². The zero-order chi connectivity index (χ0) is 17.2. The summed E-state index contributed by atoms with van der Waals surface area (Å²) in [7, 11) is 7.01. The summed E-state index contributed by atoms with van der Waals surface area (Å²) in [5, 5.41) is 5.17. The van der Waals surface area contributed by atoms with Crippen LogP contribution in [-0.2, 0) is 16.1 Å². The first-order chi connectivity index (χ1) is 11.0. The van der Waals surface area contributed by atoms with Crippen molar-refractivity contribution in [2.24, 2.45) is 0 Å². The number of nitrogens with zero attached hydrogens (tertiary/aromatic N) is 1. The van der Waals surface area contributed by atoms with Crippen molar-refractivity contribution in [1.29, 1.82) is 0 Å². The van der Waals surface area contributed by atoms with Crippen molar-refractivity contribution in [2.75, 3.05) is 41.4 Å². The SMILES string of the molecule is COc1ccc(CNC(=O)C(=O)NCCCN(C)C)cc1OC. The molecule has 128 valence electrons. The van der Waals surface area contributed by atoms with Gasteiger partial charge in [0.2, 0.25) is 0 Å². The first kappa shape index (κ1) is 18.8. The van der Waals surface area contributed by atoms with Gasteiger partial charge in [0, 0.05) is 13.1 Å². The van der Waals surface area contributed by atoms with Gasteiger partial charge in [0.25, 0.3) is 0 Å². The third-order valence-corrected chi connectivity index (χ3v) is 3.17. The predicted octanol–water partition coefficient (Wildman–Crippen LogP) is 0.388. The average molecular weight is 323 g/mol. The molecule has 7 heteroatoms. The fraction of sp³-hybridized carbons (Fsp3) is 0.500. The highest BCUT2D eigenvalue weighted by Gasteiger charge is 2.13. The Balaban J connectivity index is 2.42. The summed E-state index contributed by atoms with van der Waals surface area (Å²) < 4.78 is 10.3. The van der Waals surface area contributed by atoms with Crippen LogP contribution in [0.25, 0.3) is 0 Å². The van der Waals surface area contributed by atoms with Crippen molar-refractivity contribution in [1.82, 2.24) is 15.5 Å². The van der Waals surface area contributed by atoms with Gasteiger partial charge in [-0.2, -0.15) is 0 Å². The van der Waals surface area contributed by atoms with Crippen LogP contribution in [0.2, 0.25) is 0 Å². The number of methoxy groups -OCH3 is 2. The number of hydrogen-bond acceptors (Lipinski definition) is 5. The van der Waals surface area contributed by atoms with Crippen LogP contribution < -0.4 is 20.1 Å². The van der Waals surface area contributed by atoms with Crippen molar-refractivity contribution in [3.63, 3.8) is 0 Å². The lowest BCUT2D eigenvalue weighted by molar-refractivity contribution is -0.139. The van der Waals surface area contributed by atoms with E-state index >= 15 is 0 Å². The van der Waals surface area contributed by atoms with E-state index < -0.39 is 11.8 Å². The summed E-state index contributed by atoms with van der Waals surface area (Å²) in [6.07, 6.45) is 0.793.